The molecular formula is C15H20N2O3. The molecule has 1 saturated heterocycles. The van der Waals surface area contributed by atoms with Gasteiger partial charge in [0.1, 0.15) is 11.9 Å². The Hall–Kier alpha value is -1.75. The van der Waals surface area contributed by atoms with Crippen LogP contribution in [0.1, 0.15) is 19.8 Å². The molecule has 0 radical (unpaired) electrons. The minimum absolute atomic E-state index is 0.00150. The van der Waals surface area contributed by atoms with E-state index in [9.17, 15) is 4.79 Å². The highest BCUT2D eigenvalue weighted by atomic mass is 16.5. The highest BCUT2D eigenvalue weighted by Gasteiger charge is 2.27. The fraction of sp³-hybridized carbons (Fsp3) is 0.533. The van der Waals surface area contributed by atoms with E-state index in [-0.39, 0.29) is 18.2 Å². The van der Waals surface area contributed by atoms with Crippen molar-refractivity contribution in [1.29, 1.82) is 0 Å². The van der Waals surface area contributed by atoms with Crippen LogP contribution < -0.4 is 15.0 Å². The number of nitrogens with zero attached hydrogens (tertiary/aromatic N) is 1. The van der Waals surface area contributed by atoms with Crippen molar-refractivity contribution in [2.75, 3.05) is 24.6 Å². The average Bonchev–Trinajstić information content (AvgIpc) is 2.97. The summed E-state index contributed by atoms with van der Waals surface area (Å²) in [7, 11) is 0. The van der Waals surface area contributed by atoms with Gasteiger partial charge >= 0.3 is 6.03 Å². The number of urea groups is 1. The van der Waals surface area contributed by atoms with Gasteiger partial charge in [0, 0.05) is 13.2 Å². The van der Waals surface area contributed by atoms with Crippen molar-refractivity contribution in [3.8, 4) is 5.75 Å². The quantitative estimate of drug-likeness (QED) is 0.900. The van der Waals surface area contributed by atoms with E-state index in [4.69, 9.17) is 9.47 Å². The number of hydrogen-bond donors (Lipinski definition) is 1. The Kier molecular flexibility index (Phi) is 3.78. The van der Waals surface area contributed by atoms with Crippen molar-refractivity contribution in [2.45, 2.75) is 32.0 Å². The molecule has 0 spiro atoms. The fourth-order valence-corrected chi connectivity index (χ4v) is 2.68. The molecule has 0 bridgehead atoms. The summed E-state index contributed by atoms with van der Waals surface area (Å²) in [6.45, 7) is 3.91. The standard InChI is InChI=1S/C15H20N2O3/c1-11-10-17(13-6-2-3-7-14(13)20-11)15(18)16-9-12-5-4-8-19-12/h2-3,6-7,11-12H,4-5,8-10H2,1H3,(H,16,18). The molecule has 2 amide bonds. The first-order valence-corrected chi connectivity index (χ1v) is 7.16. The molecule has 1 aromatic carbocycles. The third-order valence-corrected chi connectivity index (χ3v) is 3.67. The summed E-state index contributed by atoms with van der Waals surface area (Å²) in [5.74, 6) is 0.763. The van der Waals surface area contributed by atoms with Crippen LogP contribution >= 0.6 is 0 Å². The lowest BCUT2D eigenvalue weighted by Crippen LogP contribution is -2.48. The molecule has 5 nitrogen and oxygen atoms in total. The van der Waals surface area contributed by atoms with Crippen molar-refractivity contribution >= 4 is 11.7 Å². The first kappa shape index (κ1) is 13.2. The van der Waals surface area contributed by atoms with Crippen molar-refractivity contribution in [1.82, 2.24) is 5.32 Å². The summed E-state index contributed by atoms with van der Waals surface area (Å²) >= 11 is 0. The van der Waals surface area contributed by atoms with Gasteiger partial charge in [-0.15, -0.1) is 0 Å². The van der Waals surface area contributed by atoms with E-state index >= 15 is 0 Å². The van der Waals surface area contributed by atoms with E-state index in [1.807, 2.05) is 31.2 Å². The predicted molar refractivity (Wildman–Crippen MR) is 76.3 cm³/mol. The van der Waals surface area contributed by atoms with E-state index in [0.29, 0.717) is 13.1 Å². The van der Waals surface area contributed by atoms with Gasteiger partial charge in [-0.05, 0) is 31.9 Å². The second-order valence-electron chi connectivity index (χ2n) is 5.33. The van der Waals surface area contributed by atoms with Gasteiger partial charge in [-0.3, -0.25) is 4.90 Å². The van der Waals surface area contributed by atoms with Crippen LogP contribution in [0.3, 0.4) is 0 Å². The number of carbonyl (C=O) groups is 1. The number of benzene rings is 1. The summed E-state index contributed by atoms with van der Waals surface area (Å²) in [5.41, 5.74) is 0.829. The number of ether oxygens (including phenoxy) is 2. The monoisotopic (exact) mass is 276 g/mol. The number of amides is 2. The van der Waals surface area contributed by atoms with Crippen LogP contribution in [0.15, 0.2) is 24.3 Å². The van der Waals surface area contributed by atoms with Crippen LogP contribution in [0, 0.1) is 0 Å². The third-order valence-electron chi connectivity index (χ3n) is 3.67. The van der Waals surface area contributed by atoms with Crippen LogP contribution in [0.25, 0.3) is 0 Å². The lowest BCUT2D eigenvalue weighted by atomic mass is 10.2. The molecule has 20 heavy (non-hydrogen) atoms. The number of nitrogens with one attached hydrogen (secondary N) is 1. The topological polar surface area (TPSA) is 50.8 Å². The van der Waals surface area contributed by atoms with Crippen LogP contribution in [0.4, 0.5) is 10.5 Å². The lowest BCUT2D eigenvalue weighted by molar-refractivity contribution is 0.111. The van der Waals surface area contributed by atoms with Crippen LogP contribution in [-0.4, -0.2) is 37.9 Å². The van der Waals surface area contributed by atoms with E-state index < -0.39 is 0 Å². The predicted octanol–water partition coefficient (Wildman–Crippen LogP) is 2.16. The molecule has 108 valence electrons. The molecule has 1 aromatic rings. The fourth-order valence-electron chi connectivity index (χ4n) is 2.68. The zero-order valence-electron chi connectivity index (χ0n) is 11.7. The van der Waals surface area contributed by atoms with Gasteiger partial charge in [-0.1, -0.05) is 12.1 Å². The van der Waals surface area contributed by atoms with Crippen LogP contribution in [0.5, 0.6) is 5.75 Å². The summed E-state index contributed by atoms with van der Waals surface area (Å²) in [5, 5.41) is 2.96. The minimum atomic E-state index is -0.0805. The number of carbonyl (C=O) groups excluding carboxylic acids is 1. The zero-order valence-corrected chi connectivity index (χ0v) is 11.7. The molecule has 2 heterocycles. The maximum atomic E-state index is 12.4. The molecule has 0 aromatic heterocycles. The molecule has 1 N–H and O–H groups in total. The van der Waals surface area contributed by atoms with Gasteiger partial charge in [0.05, 0.1) is 18.3 Å². The van der Waals surface area contributed by atoms with Crippen LogP contribution in [0.2, 0.25) is 0 Å². The Labute approximate surface area is 118 Å². The second kappa shape index (κ2) is 5.71. The van der Waals surface area contributed by atoms with Gasteiger partial charge < -0.3 is 14.8 Å². The SMILES string of the molecule is CC1CN(C(=O)NCC2CCCO2)c2ccccc2O1. The Morgan fingerprint density at radius 3 is 3.10 bits per heavy atom. The van der Waals surface area contributed by atoms with Gasteiger partial charge in [-0.25, -0.2) is 4.79 Å². The average molecular weight is 276 g/mol. The van der Waals surface area contributed by atoms with Crippen LogP contribution in [-0.2, 0) is 4.74 Å². The zero-order chi connectivity index (χ0) is 13.9. The van der Waals surface area contributed by atoms with Gasteiger partial charge in [0.2, 0.25) is 0 Å². The normalized spacial score (nSPS) is 24.9. The number of hydrogen-bond acceptors (Lipinski definition) is 3. The van der Waals surface area contributed by atoms with Crippen molar-refractivity contribution < 1.29 is 14.3 Å². The molecular weight excluding hydrogens is 256 g/mol. The Balaban J connectivity index is 1.67. The van der Waals surface area contributed by atoms with E-state index in [0.717, 1.165) is 30.9 Å². The molecule has 3 rings (SSSR count). The first-order chi connectivity index (χ1) is 9.74. The number of rotatable bonds is 2. The maximum Gasteiger partial charge on any atom is 0.322 e. The highest BCUT2D eigenvalue weighted by Crippen LogP contribution is 2.32. The van der Waals surface area contributed by atoms with Gasteiger partial charge in [-0.2, -0.15) is 0 Å². The van der Waals surface area contributed by atoms with Crippen molar-refractivity contribution in [2.24, 2.45) is 0 Å². The second-order valence-corrected chi connectivity index (χ2v) is 5.33. The summed E-state index contributed by atoms with van der Waals surface area (Å²) in [6.07, 6.45) is 2.26. The maximum absolute atomic E-state index is 12.4. The first-order valence-electron chi connectivity index (χ1n) is 7.16. The molecule has 2 unspecified atom stereocenters. The molecule has 2 aliphatic heterocycles. The molecule has 2 atom stereocenters. The van der Waals surface area contributed by atoms with Crippen molar-refractivity contribution in [3.05, 3.63) is 24.3 Å². The Bertz CT molecular complexity index is 486. The Morgan fingerprint density at radius 1 is 1.45 bits per heavy atom. The number of para-hydroxylation sites is 2. The largest absolute Gasteiger partial charge is 0.487 e. The minimum Gasteiger partial charge on any atom is -0.487 e. The number of anilines is 1. The summed E-state index contributed by atoms with van der Waals surface area (Å²) in [4.78, 5) is 14.1. The lowest BCUT2D eigenvalue weighted by Gasteiger charge is -2.33. The van der Waals surface area contributed by atoms with E-state index in [1.54, 1.807) is 4.90 Å². The molecule has 0 aliphatic carbocycles. The van der Waals surface area contributed by atoms with E-state index in [1.165, 1.54) is 0 Å². The third kappa shape index (κ3) is 2.72. The highest BCUT2D eigenvalue weighted by molar-refractivity contribution is 5.94. The van der Waals surface area contributed by atoms with Gasteiger partial charge in [0.25, 0.3) is 0 Å². The molecule has 5 heteroatoms. The Morgan fingerprint density at radius 2 is 2.30 bits per heavy atom. The van der Waals surface area contributed by atoms with E-state index in [2.05, 4.69) is 5.32 Å². The van der Waals surface area contributed by atoms with Gasteiger partial charge in [0.15, 0.2) is 0 Å². The van der Waals surface area contributed by atoms with Crippen molar-refractivity contribution in [3.63, 3.8) is 0 Å². The summed E-state index contributed by atoms with van der Waals surface area (Å²) in [6, 6.07) is 7.55. The molecule has 1 fully saturated rings. The number of fused-ring (bicyclic) bond motifs is 1. The molecule has 2 aliphatic rings. The molecule has 0 saturated carbocycles. The smallest absolute Gasteiger partial charge is 0.322 e. The summed E-state index contributed by atoms with van der Waals surface area (Å²) < 4.78 is 11.3.